The van der Waals surface area contributed by atoms with E-state index in [4.69, 9.17) is 5.73 Å². The average molecular weight is 420 g/mol. The van der Waals surface area contributed by atoms with Crippen LogP contribution in [0.25, 0.3) is 0 Å². The van der Waals surface area contributed by atoms with E-state index in [1.807, 2.05) is 26.0 Å². The number of carbonyl (C=O) groups excluding carboxylic acids is 1. The monoisotopic (exact) mass is 419 g/mol. The summed E-state index contributed by atoms with van der Waals surface area (Å²) >= 11 is 0. The maximum atomic E-state index is 13.2. The summed E-state index contributed by atoms with van der Waals surface area (Å²) in [5, 5.41) is 4.40. The number of aromatic nitrogens is 2. The number of anilines is 2. The van der Waals surface area contributed by atoms with Gasteiger partial charge in [0.2, 0.25) is 5.91 Å². The minimum absolute atomic E-state index is 0.0662. The van der Waals surface area contributed by atoms with Crippen LogP contribution in [0, 0.1) is 19.8 Å². The van der Waals surface area contributed by atoms with Crippen molar-refractivity contribution in [2.75, 3.05) is 22.7 Å². The highest BCUT2D eigenvalue weighted by molar-refractivity contribution is 7.92. The maximum Gasteiger partial charge on any atom is 0.265 e. The van der Waals surface area contributed by atoms with Crippen molar-refractivity contribution in [3.63, 3.8) is 0 Å². The van der Waals surface area contributed by atoms with Crippen LogP contribution in [0.2, 0.25) is 0 Å². The minimum atomic E-state index is -3.81. The molecule has 1 aliphatic heterocycles. The number of hydrogen-bond acceptors (Lipinski definition) is 5. The van der Waals surface area contributed by atoms with Crippen LogP contribution in [0.15, 0.2) is 29.2 Å². The summed E-state index contributed by atoms with van der Waals surface area (Å²) in [5.41, 5.74) is 7.83. The van der Waals surface area contributed by atoms with E-state index in [1.54, 1.807) is 30.7 Å². The summed E-state index contributed by atoms with van der Waals surface area (Å²) in [6.07, 6.45) is 1.32. The molecule has 2 heterocycles. The minimum Gasteiger partial charge on any atom is -0.370 e. The third kappa shape index (κ3) is 4.24. The van der Waals surface area contributed by atoms with Crippen LogP contribution in [-0.4, -0.2) is 37.2 Å². The van der Waals surface area contributed by atoms with E-state index in [0.29, 0.717) is 43.0 Å². The van der Waals surface area contributed by atoms with Crippen molar-refractivity contribution < 1.29 is 13.2 Å². The predicted molar refractivity (Wildman–Crippen MR) is 113 cm³/mol. The second-order valence-electron chi connectivity index (χ2n) is 7.82. The van der Waals surface area contributed by atoms with Crippen LogP contribution >= 0.6 is 0 Å². The van der Waals surface area contributed by atoms with Gasteiger partial charge in [-0.1, -0.05) is 12.1 Å². The van der Waals surface area contributed by atoms with Crippen LogP contribution in [0.3, 0.4) is 0 Å². The first-order valence-electron chi connectivity index (χ1n) is 9.83. The van der Waals surface area contributed by atoms with Gasteiger partial charge in [0.05, 0.1) is 22.8 Å². The number of piperidine rings is 1. The van der Waals surface area contributed by atoms with Crippen LogP contribution in [0.5, 0.6) is 0 Å². The fourth-order valence-corrected chi connectivity index (χ4v) is 5.45. The normalized spacial score (nSPS) is 15.7. The van der Waals surface area contributed by atoms with Gasteiger partial charge in [-0.2, -0.15) is 5.10 Å². The Morgan fingerprint density at radius 3 is 2.38 bits per heavy atom. The zero-order valence-corrected chi connectivity index (χ0v) is 18.2. The Morgan fingerprint density at radius 1 is 1.21 bits per heavy atom. The summed E-state index contributed by atoms with van der Waals surface area (Å²) in [7, 11) is -3.81. The Labute approximate surface area is 172 Å². The van der Waals surface area contributed by atoms with E-state index in [0.717, 1.165) is 5.69 Å². The summed E-state index contributed by atoms with van der Waals surface area (Å²) in [6.45, 7) is 8.71. The van der Waals surface area contributed by atoms with Crippen LogP contribution < -0.4 is 15.4 Å². The predicted octanol–water partition coefficient (Wildman–Crippen LogP) is 2.58. The molecule has 0 aliphatic carbocycles. The zero-order valence-electron chi connectivity index (χ0n) is 17.3. The molecule has 1 aromatic carbocycles. The number of carbonyl (C=O) groups is 1. The molecule has 1 amide bonds. The van der Waals surface area contributed by atoms with Crippen molar-refractivity contribution in [2.24, 2.45) is 11.7 Å². The molecule has 3 N–H and O–H groups in total. The fourth-order valence-electron chi connectivity index (χ4n) is 3.98. The summed E-state index contributed by atoms with van der Waals surface area (Å²) in [6, 6.07) is 7.39. The van der Waals surface area contributed by atoms with Gasteiger partial charge < -0.3 is 10.6 Å². The Hall–Kier alpha value is -2.55. The van der Waals surface area contributed by atoms with E-state index in [1.165, 1.54) is 0 Å². The van der Waals surface area contributed by atoms with Gasteiger partial charge in [-0.15, -0.1) is 0 Å². The Kier molecular flexibility index (Phi) is 5.88. The van der Waals surface area contributed by atoms with E-state index >= 15 is 0 Å². The van der Waals surface area contributed by atoms with E-state index in [-0.39, 0.29) is 22.8 Å². The van der Waals surface area contributed by atoms with E-state index in [2.05, 4.69) is 14.7 Å². The lowest BCUT2D eigenvalue weighted by atomic mass is 9.96. The molecule has 158 valence electrons. The molecule has 0 unspecified atom stereocenters. The first kappa shape index (κ1) is 21.2. The number of aryl methyl sites for hydroxylation is 1. The van der Waals surface area contributed by atoms with Crippen molar-refractivity contribution in [3.8, 4) is 0 Å². The number of nitrogens with two attached hydrogens (primary N) is 1. The maximum absolute atomic E-state index is 13.2. The molecule has 0 atom stereocenters. The smallest absolute Gasteiger partial charge is 0.265 e. The molecular formula is C20H29N5O3S. The van der Waals surface area contributed by atoms with Crippen molar-refractivity contribution in [3.05, 3.63) is 35.7 Å². The largest absolute Gasteiger partial charge is 0.370 e. The standard InChI is InChI=1S/C20H29N5O3S/c1-13(2)25-15(4)19(14(3)22-25)29(27,28)23-17-7-5-6-8-18(17)24-11-9-16(10-12-24)20(21)26/h5-8,13,16,23H,9-12H2,1-4H3,(H2,21,26). The number of benzene rings is 1. The third-order valence-corrected chi connectivity index (χ3v) is 7.02. The number of amides is 1. The molecule has 1 fully saturated rings. The van der Waals surface area contributed by atoms with Gasteiger partial charge >= 0.3 is 0 Å². The molecule has 2 aromatic rings. The van der Waals surface area contributed by atoms with Gasteiger partial charge in [-0.25, -0.2) is 8.42 Å². The van der Waals surface area contributed by atoms with Gasteiger partial charge in [-0.05, 0) is 52.7 Å². The first-order chi connectivity index (χ1) is 13.6. The number of sulfonamides is 1. The number of primary amides is 1. The van der Waals surface area contributed by atoms with Gasteiger partial charge in [-0.3, -0.25) is 14.2 Å². The molecule has 3 rings (SSSR count). The lowest BCUT2D eigenvalue weighted by Gasteiger charge is -2.33. The number of para-hydroxylation sites is 2. The molecule has 0 spiro atoms. The van der Waals surface area contributed by atoms with Crippen molar-refractivity contribution in [1.29, 1.82) is 0 Å². The van der Waals surface area contributed by atoms with E-state index in [9.17, 15) is 13.2 Å². The number of nitrogens with one attached hydrogen (secondary N) is 1. The molecular weight excluding hydrogens is 390 g/mol. The van der Waals surface area contributed by atoms with Crippen molar-refractivity contribution in [1.82, 2.24) is 9.78 Å². The van der Waals surface area contributed by atoms with Gasteiger partial charge in [0.25, 0.3) is 10.0 Å². The zero-order chi connectivity index (χ0) is 21.3. The molecule has 8 nitrogen and oxygen atoms in total. The summed E-state index contributed by atoms with van der Waals surface area (Å²) in [4.78, 5) is 13.7. The fraction of sp³-hybridized carbons (Fsp3) is 0.500. The second kappa shape index (κ2) is 8.06. The second-order valence-corrected chi connectivity index (χ2v) is 9.44. The molecule has 0 radical (unpaired) electrons. The number of hydrogen-bond donors (Lipinski definition) is 2. The molecule has 1 saturated heterocycles. The molecule has 29 heavy (non-hydrogen) atoms. The van der Waals surface area contributed by atoms with Crippen LogP contribution in [0.1, 0.15) is 44.1 Å². The number of nitrogens with zero attached hydrogens (tertiary/aromatic N) is 3. The van der Waals surface area contributed by atoms with Crippen LogP contribution in [0.4, 0.5) is 11.4 Å². The Balaban J connectivity index is 1.89. The highest BCUT2D eigenvalue weighted by atomic mass is 32.2. The van der Waals surface area contributed by atoms with E-state index < -0.39 is 10.0 Å². The SMILES string of the molecule is Cc1nn(C(C)C)c(C)c1S(=O)(=O)Nc1ccccc1N1CCC(C(N)=O)CC1. The lowest BCUT2D eigenvalue weighted by molar-refractivity contribution is -0.122. The molecule has 1 aromatic heterocycles. The van der Waals surface area contributed by atoms with Crippen LogP contribution in [-0.2, 0) is 14.8 Å². The Morgan fingerprint density at radius 2 is 1.83 bits per heavy atom. The first-order valence-corrected chi connectivity index (χ1v) is 11.3. The molecule has 0 saturated carbocycles. The molecule has 0 bridgehead atoms. The van der Waals surface area contributed by atoms with Crippen molar-refractivity contribution >= 4 is 27.3 Å². The topological polar surface area (TPSA) is 110 Å². The Bertz CT molecular complexity index is 1010. The molecule has 1 aliphatic rings. The highest BCUT2D eigenvalue weighted by Crippen LogP contribution is 2.32. The number of rotatable bonds is 6. The molecule has 9 heteroatoms. The highest BCUT2D eigenvalue weighted by Gasteiger charge is 2.28. The summed E-state index contributed by atoms with van der Waals surface area (Å²) < 4.78 is 30.9. The van der Waals surface area contributed by atoms with Gasteiger partial charge in [0.1, 0.15) is 4.90 Å². The third-order valence-electron chi connectivity index (χ3n) is 5.40. The van der Waals surface area contributed by atoms with Gasteiger partial charge in [0, 0.05) is 25.0 Å². The van der Waals surface area contributed by atoms with Gasteiger partial charge in [0.15, 0.2) is 0 Å². The summed E-state index contributed by atoms with van der Waals surface area (Å²) in [5.74, 6) is -0.394. The quantitative estimate of drug-likeness (QED) is 0.748. The van der Waals surface area contributed by atoms with Crippen molar-refractivity contribution in [2.45, 2.75) is 51.5 Å². The average Bonchev–Trinajstić information content (AvgIpc) is 2.97. The lowest BCUT2D eigenvalue weighted by Crippen LogP contribution is -2.38.